The Morgan fingerprint density at radius 2 is 1.95 bits per heavy atom. The molecule has 1 aromatic carbocycles. The number of benzene rings is 1. The molecule has 9 heteroatoms. The van der Waals surface area contributed by atoms with Crippen LogP contribution in [0.25, 0.3) is 0 Å². The van der Waals surface area contributed by atoms with Crippen LogP contribution in [0, 0.1) is 0 Å². The van der Waals surface area contributed by atoms with Crippen molar-refractivity contribution in [3.8, 4) is 5.75 Å². The highest BCUT2D eigenvalue weighted by atomic mass is 32.2. The van der Waals surface area contributed by atoms with E-state index in [0.29, 0.717) is 0 Å². The highest BCUT2D eigenvalue weighted by Gasteiger charge is 2.11. The van der Waals surface area contributed by atoms with E-state index in [1.165, 1.54) is 13.0 Å². The van der Waals surface area contributed by atoms with Gasteiger partial charge in [-0.05, 0) is 12.1 Å². The SMILES string of the molecule is CCS(=O)(=O)CCNC(=O)Nc1ccc(C(=O)O)c(O)c1. The van der Waals surface area contributed by atoms with Crippen molar-refractivity contribution >= 4 is 27.5 Å². The standard InChI is InChI=1S/C12H16N2O6S/c1-2-21(19,20)6-5-13-12(18)14-8-3-4-9(11(16)17)10(15)7-8/h3-4,7,15H,2,5-6H2,1H3,(H,16,17)(H2,13,14,18). The average Bonchev–Trinajstić information content (AvgIpc) is 2.38. The number of phenols is 1. The Labute approximate surface area is 121 Å². The van der Waals surface area contributed by atoms with Gasteiger partial charge in [-0.25, -0.2) is 18.0 Å². The van der Waals surface area contributed by atoms with Crippen molar-refractivity contribution in [2.24, 2.45) is 0 Å². The number of hydrogen-bond acceptors (Lipinski definition) is 5. The zero-order chi connectivity index (χ0) is 16.0. The molecule has 0 spiro atoms. The first kappa shape index (κ1) is 16.8. The minimum Gasteiger partial charge on any atom is -0.507 e. The molecule has 0 atom stereocenters. The Balaban J connectivity index is 2.56. The molecule has 0 aromatic heterocycles. The normalized spacial score (nSPS) is 10.9. The second-order valence-electron chi connectivity index (χ2n) is 4.15. The van der Waals surface area contributed by atoms with E-state index in [9.17, 15) is 23.1 Å². The molecule has 1 aromatic rings. The first-order valence-corrected chi connectivity index (χ1v) is 7.89. The third kappa shape index (κ3) is 5.30. The van der Waals surface area contributed by atoms with Crippen LogP contribution in [0.4, 0.5) is 10.5 Å². The van der Waals surface area contributed by atoms with Gasteiger partial charge in [-0.1, -0.05) is 6.92 Å². The van der Waals surface area contributed by atoms with Gasteiger partial charge in [0.2, 0.25) is 0 Å². The van der Waals surface area contributed by atoms with E-state index in [0.717, 1.165) is 12.1 Å². The quantitative estimate of drug-likeness (QED) is 0.609. The second kappa shape index (κ2) is 6.93. The van der Waals surface area contributed by atoms with Gasteiger partial charge in [0, 0.05) is 24.1 Å². The van der Waals surface area contributed by atoms with Gasteiger partial charge in [0.05, 0.1) is 5.75 Å². The minimum atomic E-state index is -3.16. The molecule has 1 rings (SSSR count). The van der Waals surface area contributed by atoms with E-state index >= 15 is 0 Å². The molecule has 0 aliphatic heterocycles. The van der Waals surface area contributed by atoms with E-state index < -0.39 is 27.6 Å². The smallest absolute Gasteiger partial charge is 0.339 e. The summed E-state index contributed by atoms with van der Waals surface area (Å²) in [7, 11) is -3.16. The molecule has 0 heterocycles. The molecule has 116 valence electrons. The van der Waals surface area contributed by atoms with Gasteiger partial charge in [-0.2, -0.15) is 0 Å². The van der Waals surface area contributed by atoms with Crippen LogP contribution in [-0.4, -0.2) is 48.7 Å². The summed E-state index contributed by atoms with van der Waals surface area (Å²) >= 11 is 0. The third-order valence-corrected chi connectivity index (χ3v) is 4.33. The lowest BCUT2D eigenvalue weighted by atomic mass is 10.2. The van der Waals surface area contributed by atoms with Crippen molar-refractivity contribution in [1.82, 2.24) is 5.32 Å². The number of aromatic carboxylic acids is 1. The molecule has 0 aliphatic rings. The highest BCUT2D eigenvalue weighted by molar-refractivity contribution is 7.91. The molecule has 0 fully saturated rings. The largest absolute Gasteiger partial charge is 0.507 e. The Hall–Kier alpha value is -2.29. The molecular weight excluding hydrogens is 300 g/mol. The molecule has 0 unspecified atom stereocenters. The van der Waals surface area contributed by atoms with Crippen molar-refractivity contribution in [2.75, 3.05) is 23.4 Å². The maximum absolute atomic E-state index is 11.5. The summed E-state index contributed by atoms with van der Waals surface area (Å²) in [6.07, 6.45) is 0. The maximum Gasteiger partial charge on any atom is 0.339 e. The zero-order valence-corrected chi connectivity index (χ0v) is 12.1. The Morgan fingerprint density at radius 3 is 2.48 bits per heavy atom. The molecule has 8 nitrogen and oxygen atoms in total. The van der Waals surface area contributed by atoms with E-state index in [1.807, 2.05) is 0 Å². The molecule has 4 N–H and O–H groups in total. The number of carboxylic acid groups (broad SMARTS) is 1. The number of amides is 2. The van der Waals surface area contributed by atoms with Gasteiger partial charge in [0.25, 0.3) is 0 Å². The Morgan fingerprint density at radius 1 is 1.29 bits per heavy atom. The fraction of sp³-hybridized carbons (Fsp3) is 0.333. The summed E-state index contributed by atoms with van der Waals surface area (Å²) < 4.78 is 22.4. The summed E-state index contributed by atoms with van der Waals surface area (Å²) in [5.41, 5.74) is -0.0941. The predicted molar refractivity (Wildman–Crippen MR) is 76.4 cm³/mol. The Kier molecular flexibility index (Phi) is 5.53. The van der Waals surface area contributed by atoms with Gasteiger partial charge in [0.1, 0.15) is 11.3 Å². The summed E-state index contributed by atoms with van der Waals surface area (Å²) in [5.74, 6) is -1.93. The number of anilines is 1. The average molecular weight is 316 g/mol. The first-order valence-electron chi connectivity index (χ1n) is 6.06. The number of urea groups is 1. The monoisotopic (exact) mass is 316 g/mol. The van der Waals surface area contributed by atoms with Crippen LogP contribution in [0.3, 0.4) is 0 Å². The van der Waals surface area contributed by atoms with E-state index in [-0.39, 0.29) is 29.3 Å². The van der Waals surface area contributed by atoms with Crippen LogP contribution < -0.4 is 10.6 Å². The van der Waals surface area contributed by atoms with Crippen molar-refractivity contribution in [2.45, 2.75) is 6.92 Å². The van der Waals surface area contributed by atoms with Crippen LogP contribution in [0.2, 0.25) is 0 Å². The van der Waals surface area contributed by atoms with E-state index in [4.69, 9.17) is 5.11 Å². The lowest BCUT2D eigenvalue weighted by molar-refractivity contribution is 0.0693. The second-order valence-corrected chi connectivity index (χ2v) is 6.63. The number of nitrogens with one attached hydrogen (secondary N) is 2. The molecule has 21 heavy (non-hydrogen) atoms. The molecule has 0 saturated heterocycles. The zero-order valence-electron chi connectivity index (χ0n) is 11.3. The van der Waals surface area contributed by atoms with Crippen molar-refractivity contribution in [1.29, 1.82) is 0 Å². The van der Waals surface area contributed by atoms with Crippen LogP contribution in [0.15, 0.2) is 18.2 Å². The molecule has 0 bridgehead atoms. The number of sulfone groups is 1. The number of carbonyl (C=O) groups excluding carboxylic acids is 1. The molecule has 2 amide bonds. The summed E-state index contributed by atoms with van der Waals surface area (Å²) in [6.45, 7) is 1.48. The summed E-state index contributed by atoms with van der Waals surface area (Å²) in [5, 5.41) is 22.9. The van der Waals surface area contributed by atoms with Gasteiger partial charge in [-0.3, -0.25) is 0 Å². The lowest BCUT2D eigenvalue weighted by Gasteiger charge is -2.08. The van der Waals surface area contributed by atoms with Crippen LogP contribution in [0.1, 0.15) is 17.3 Å². The number of rotatable bonds is 6. The number of hydrogen-bond donors (Lipinski definition) is 4. The van der Waals surface area contributed by atoms with Crippen LogP contribution >= 0.6 is 0 Å². The lowest BCUT2D eigenvalue weighted by Crippen LogP contribution is -2.33. The molecule has 0 aliphatic carbocycles. The van der Waals surface area contributed by atoms with Crippen molar-refractivity contribution in [3.63, 3.8) is 0 Å². The molecule has 0 radical (unpaired) electrons. The molecular formula is C12H16N2O6S. The van der Waals surface area contributed by atoms with Crippen molar-refractivity contribution in [3.05, 3.63) is 23.8 Å². The topological polar surface area (TPSA) is 133 Å². The van der Waals surface area contributed by atoms with Gasteiger partial charge >= 0.3 is 12.0 Å². The van der Waals surface area contributed by atoms with Crippen LogP contribution in [0.5, 0.6) is 5.75 Å². The minimum absolute atomic E-state index is 0.000815. The summed E-state index contributed by atoms with van der Waals surface area (Å²) in [4.78, 5) is 22.2. The van der Waals surface area contributed by atoms with E-state index in [1.54, 1.807) is 0 Å². The number of carboxylic acids is 1. The predicted octanol–water partition coefficient (Wildman–Crippen LogP) is 0.647. The third-order valence-electron chi connectivity index (χ3n) is 2.62. The fourth-order valence-corrected chi connectivity index (χ4v) is 2.13. The fourth-order valence-electron chi connectivity index (χ4n) is 1.43. The highest BCUT2D eigenvalue weighted by Crippen LogP contribution is 2.21. The van der Waals surface area contributed by atoms with Crippen molar-refractivity contribution < 1.29 is 28.2 Å². The molecule has 0 saturated carbocycles. The van der Waals surface area contributed by atoms with Gasteiger partial charge in [-0.15, -0.1) is 0 Å². The summed E-state index contributed by atoms with van der Waals surface area (Å²) in [6, 6.07) is 2.90. The Bertz CT molecular complexity index is 641. The first-order chi connectivity index (χ1) is 9.75. The van der Waals surface area contributed by atoms with E-state index in [2.05, 4.69) is 10.6 Å². The maximum atomic E-state index is 11.5. The van der Waals surface area contributed by atoms with Crippen LogP contribution in [-0.2, 0) is 9.84 Å². The number of carbonyl (C=O) groups is 2. The van der Waals surface area contributed by atoms with Gasteiger partial charge in [0.15, 0.2) is 9.84 Å². The van der Waals surface area contributed by atoms with Gasteiger partial charge < -0.3 is 20.8 Å². The number of aromatic hydroxyl groups is 1.